The summed E-state index contributed by atoms with van der Waals surface area (Å²) in [6.07, 6.45) is 0. The van der Waals surface area contributed by atoms with Gasteiger partial charge in [0, 0.05) is 32.9 Å². The van der Waals surface area contributed by atoms with E-state index in [9.17, 15) is 4.79 Å². The fraction of sp³-hybridized carbons (Fsp3) is 0.625. The van der Waals surface area contributed by atoms with E-state index in [4.69, 9.17) is 13.3 Å². The monoisotopic (exact) mass is 220 g/mol. The lowest BCUT2D eigenvalue weighted by atomic mass is 10.4. The SMILES string of the molecule is C=C(C[Si](OC)(OC)OC)C(=O)OC. The maximum absolute atomic E-state index is 11.1. The summed E-state index contributed by atoms with van der Waals surface area (Å²) < 4.78 is 19.9. The third-order valence-electron chi connectivity index (χ3n) is 1.84. The van der Waals surface area contributed by atoms with Crippen LogP contribution in [-0.4, -0.2) is 43.2 Å². The van der Waals surface area contributed by atoms with Gasteiger partial charge in [-0.25, -0.2) is 4.79 Å². The number of methoxy groups -OCH3 is 1. The van der Waals surface area contributed by atoms with Crippen molar-refractivity contribution in [1.82, 2.24) is 0 Å². The largest absolute Gasteiger partial charge is 0.504 e. The molecule has 0 heterocycles. The molecule has 0 spiro atoms. The van der Waals surface area contributed by atoms with Crippen LogP contribution in [0.2, 0.25) is 6.04 Å². The Morgan fingerprint density at radius 1 is 1.14 bits per heavy atom. The Bertz CT molecular complexity index is 204. The van der Waals surface area contributed by atoms with Crippen LogP contribution in [0.1, 0.15) is 0 Å². The number of esters is 1. The Kier molecular flexibility index (Phi) is 5.62. The second-order valence-electron chi connectivity index (χ2n) is 2.57. The molecule has 14 heavy (non-hydrogen) atoms. The van der Waals surface area contributed by atoms with Crippen LogP contribution in [0.5, 0.6) is 0 Å². The lowest BCUT2D eigenvalue weighted by Crippen LogP contribution is -2.43. The molecule has 0 amide bonds. The Labute approximate surface area is 85.0 Å². The summed E-state index contributed by atoms with van der Waals surface area (Å²) in [5.41, 5.74) is 0.282. The average molecular weight is 220 g/mol. The van der Waals surface area contributed by atoms with Gasteiger partial charge in [-0.2, -0.15) is 0 Å². The van der Waals surface area contributed by atoms with E-state index in [1.54, 1.807) is 0 Å². The Morgan fingerprint density at radius 2 is 1.57 bits per heavy atom. The smallest absolute Gasteiger partial charge is 0.466 e. The first-order chi connectivity index (χ1) is 6.55. The number of carbonyl (C=O) groups excluding carboxylic acids is 1. The first-order valence-corrected chi connectivity index (χ1v) is 5.90. The molecule has 0 bridgehead atoms. The average Bonchev–Trinajstić information content (AvgIpc) is 2.24. The third-order valence-corrected chi connectivity index (χ3v) is 4.56. The van der Waals surface area contributed by atoms with E-state index in [1.165, 1.54) is 28.4 Å². The van der Waals surface area contributed by atoms with Crippen LogP contribution in [0, 0.1) is 0 Å². The minimum atomic E-state index is -2.76. The van der Waals surface area contributed by atoms with Gasteiger partial charge in [-0.05, 0) is 0 Å². The van der Waals surface area contributed by atoms with Crippen molar-refractivity contribution < 1.29 is 22.8 Å². The highest BCUT2D eigenvalue weighted by Gasteiger charge is 2.39. The molecule has 0 aliphatic carbocycles. The molecule has 0 N–H and O–H groups in total. The lowest BCUT2D eigenvalue weighted by Gasteiger charge is -2.24. The van der Waals surface area contributed by atoms with Crippen molar-refractivity contribution in [2.45, 2.75) is 6.04 Å². The van der Waals surface area contributed by atoms with Crippen LogP contribution >= 0.6 is 0 Å². The number of hydrogen-bond acceptors (Lipinski definition) is 5. The molecule has 0 radical (unpaired) electrons. The van der Waals surface area contributed by atoms with Gasteiger partial charge in [-0.15, -0.1) is 0 Å². The maximum Gasteiger partial charge on any atom is 0.504 e. The van der Waals surface area contributed by atoms with E-state index in [0.717, 1.165) is 0 Å². The topological polar surface area (TPSA) is 54.0 Å². The molecule has 0 atom stereocenters. The molecule has 0 rings (SSSR count). The van der Waals surface area contributed by atoms with Gasteiger partial charge in [0.1, 0.15) is 0 Å². The minimum Gasteiger partial charge on any atom is -0.466 e. The fourth-order valence-electron chi connectivity index (χ4n) is 0.944. The van der Waals surface area contributed by atoms with E-state index < -0.39 is 14.8 Å². The molecule has 5 nitrogen and oxygen atoms in total. The number of ether oxygens (including phenoxy) is 1. The predicted molar refractivity (Wildman–Crippen MR) is 52.7 cm³/mol. The normalized spacial score (nSPS) is 11.1. The first-order valence-electron chi connectivity index (χ1n) is 3.96. The van der Waals surface area contributed by atoms with Crippen LogP contribution in [0.4, 0.5) is 0 Å². The molecule has 0 aromatic carbocycles. The van der Waals surface area contributed by atoms with Crippen molar-refractivity contribution >= 4 is 14.8 Å². The molecule has 6 heteroatoms. The van der Waals surface area contributed by atoms with Gasteiger partial charge in [0.25, 0.3) is 0 Å². The highest BCUT2D eigenvalue weighted by molar-refractivity contribution is 6.61. The summed E-state index contributed by atoms with van der Waals surface area (Å²) in [7, 11) is 2.96. The molecule has 82 valence electrons. The minimum absolute atomic E-state index is 0.225. The molecule has 0 aromatic rings. The van der Waals surface area contributed by atoms with Gasteiger partial charge in [0.15, 0.2) is 0 Å². The summed E-state index contributed by atoms with van der Waals surface area (Å²) in [6.45, 7) is 3.57. The number of rotatable bonds is 6. The van der Waals surface area contributed by atoms with Crippen LogP contribution in [0.3, 0.4) is 0 Å². The Hall–Kier alpha value is -0.693. The van der Waals surface area contributed by atoms with Crippen molar-refractivity contribution in [3.05, 3.63) is 12.2 Å². The van der Waals surface area contributed by atoms with Gasteiger partial charge in [0.2, 0.25) is 0 Å². The summed E-state index contributed by atoms with van der Waals surface area (Å²) in [5.74, 6) is -0.479. The van der Waals surface area contributed by atoms with E-state index in [1.807, 2.05) is 0 Å². The van der Waals surface area contributed by atoms with Crippen molar-refractivity contribution in [2.75, 3.05) is 28.4 Å². The van der Waals surface area contributed by atoms with E-state index >= 15 is 0 Å². The predicted octanol–water partition coefficient (Wildman–Crippen LogP) is 0.594. The molecule has 0 aliphatic rings. The van der Waals surface area contributed by atoms with Gasteiger partial charge in [-0.1, -0.05) is 6.58 Å². The zero-order valence-corrected chi connectivity index (χ0v) is 9.96. The molecule has 0 aromatic heterocycles. The number of carbonyl (C=O) groups is 1. The Balaban J connectivity index is 4.44. The fourth-order valence-corrected chi connectivity index (χ4v) is 2.54. The molecule has 0 fully saturated rings. The third kappa shape index (κ3) is 3.22. The molecule has 0 saturated carbocycles. The summed E-state index contributed by atoms with van der Waals surface area (Å²) in [5, 5.41) is 0. The van der Waals surface area contributed by atoms with E-state index in [0.29, 0.717) is 0 Å². The summed E-state index contributed by atoms with van der Waals surface area (Å²) >= 11 is 0. The Morgan fingerprint density at radius 3 is 1.86 bits per heavy atom. The van der Waals surface area contributed by atoms with E-state index in [2.05, 4.69) is 11.3 Å². The second kappa shape index (κ2) is 5.92. The first kappa shape index (κ1) is 13.3. The zero-order valence-electron chi connectivity index (χ0n) is 8.96. The van der Waals surface area contributed by atoms with Gasteiger partial charge >= 0.3 is 14.8 Å². The standard InChI is InChI=1S/C8H16O5Si/c1-7(8(9)10-2)6-14(11-3,12-4)13-5/h1,6H2,2-5H3. The molecule has 0 saturated heterocycles. The van der Waals surface area contributed by atoms with Crippen molar-refractivity contribution in [1.29, 1.82) is 0 Å². The zero-order chi connectivity index (χ0) is 11.2. The van der Waals surface area contributed by atoms with Crippen molar-refractivity contribution in [3.8, 4) is 0 Å². The molecular weight excluding hydrogens is 204 g/mol. The van der Waals surface area contributed by atoms with Crippen molar-refractivity contribution in [3.63, 3.8) is 0 Å². The second-order valence-corrected chi connectivity index (χ2v) is 5.51. The van der Waals surface area contributed by atoms with Gasteiger partial charge < -0.3 is 18.0 Å². The van der Waals surface area contributed by atoms with Crippen LogP contribution in [0.15, 0.2) is 12.2 Å². The highest BCUT2D eigenvalue weighted by Crippen LogP contribution is 2.18. The quantitative estimate of drug-likeness (QED) is 0.372. The summed E-state index contributed by atoms with van der Waals surface area (Å²) in [6, 6.07) is 0.225. The van der Waals surface area contributed by atoms with Crippen LogP contribution < -0.4 is 0 Å². The number of hydrogen-bond donors (Lipinski definition) is 0. The summed E-state index contributed by atoms with van der Waals surface area (Å²) in [4.78, 5) is 11.1. The highest BCUT2D eigenvalue weighted by atomic mass is 28.4. The molecule has 0 unspecified atom stereocenters. The van der Waals surface area contributed by atoms with Gasteiger partial charge in [0.05, 0.1) is 7.11 Å². The molecule has 0 aliphatic heterocycles. The van der Waals surface area contributed by atoms with E-state index in [-0.39, 0.29) is 11.6 Å². The lowest BCUT2D eigenvalue weighted by molar-refractivity contribution is -0.136. The van der Waals surface area contributed by atoms with Crippen LogP contribution in [-0.2, 0) is 22.8 Å². The van der Waals surface area contributed by atoms with Gasteiger partial charge in [-0.3, -0.25) is 0 Å². The maximum atomic E-state index is 11.1. The van der Waals surface area contributed by atoms with Crippen LogP contribution in [0.25, 0.3) is 0 Å². The van der Waals surface area contributed by atoms with Crippen molar-refractivity contribution in [2.24, 2.45) is 0 Å². The molecular formula is C8H16O5Si.